The first-order valence-corrected chi connectivity index (χ1v) is 6.73. The van der Waals surface area contributed by atoms with Gasteiger partial charge in [-0.15, -0.1) is 0 Å². The normalized spacial score (nSPS) is 15.3. The maximum Gasteiger partial charge on any atom is 0.0159 e. The predicted octanol–water partition coefficient (Wildman–Crippen LogP) is 4.95. The van der Waals surface area contributed by atoms with Crippen LogP contribution in [-0.4, -0.2) is 0 Å². The van der Waals surface area contributed by atoms with Crippen LogP contribution in [0.3, 0.4) is 0 Å². The Morgan fingerprint density at radius 1 is 0.842 bits per heavy atom. The number of fused-ring (bicyclic) bond motifs is 4. The summed E-state index contributed by atoms with van der Waals surface area (Å²) in [6.45, 7) is 4.62. The maximum absolute atomic E-state index is 3.35. The molecule has 0 spiro atoms. The van der Waals surface area contributed by atoms with Crippen molar-refractivity contribution in [3.8, 4) is 11.1 Å². The molecule has 0 nitrogen and oxygen atoms in total. The van der Waals surface area contributed by atoms with Gasteiger partial charge in [-0.1, -0.05) is 56.3 Å². The van der Waals surface area contributed by atoms with Gasteiger partial charge in [0.2, 0.25) is 0 Å². The average Bonchev–Trinajstić information content (AvgIpc) is 2.66. The Bertz CT molecular complexity index is 794. The molecule has 0 aromatic heterocycles. The molecule has 0 atom stereocenters. The molecule has 0 heteroatoms. The Balaban J connectivity index is 2.15. The number of hydrogen-bond acceptors (Lipinski definition) is 0. The molecule has 0 N–H and O–H groups in total. The van der Waals surface area contributed by atoms with Gasteiger partial charge in [-0.2, -0.15) is 0 Å². The zero-order valence-electron chi connectivity index (χ0n) is 11.2. The molecule has 3 aromatic rings. The smallest absolute Gasteiger partial charge is 0.0159 e. The molecule has 0 saturated carbocycles. The van der Waals surface area contributed by atoms with E-state index < -0.39 is 0 Å². The van der Waals surface area contributed by atoms with E-state index >= 15 is 0 Å². The second kappa shape index (κ2) is 3.48. The molecule has 19 heavy (non-hydrogen) atoms. The molecular weight excluding hydrogens is 228 g/mol. The van der Waals surface area contributed by atoms with Gasteiger partial charge in [0.25, 0.3) is 0 Å². The average molecular weight is 243 g/mol. The van der Waals surface area contributed by atoms with Crippen LogP contribution in [0.1, 0.15) is 25.0 Å². The van der Waals surface area contributed by atoms with Gasteiger partial charge in [-0.25, -0.2) is 0 Å². The van der Waals surface area contributed by atoms with Crippen molar-refractivity contribution < 1.29 is 0 Å². The van der Waals surface area contributed by atoms with E-state index in [2.05, 4.69) is 68.4 Å². The van der Waals surface area contributed by atoms with Gasteiger partial charge in [0.05, 0.1) is 0 Å². The van der Waals surface area contributed by atoms with Gasteiger partial charge in [-0.05, 0) is 51.2 Å². The monoisotopic (exact) mass is 243 g/mol. The lowest BCUT2D eigenvalue weighted by atomic mass is 9.82. The summed E-state index contributed by atoms with van der Waals surface area (Å²) in [6.07, 6.45) is 0. The fourth-order valence-corrected chi connectivity index (χ4v) is 3.32. The molecular formula is C19H15. The van der Waals surface area contributed by atoms with E-state index in [1.54, 1.807) is 0 Å². The first-order chi connectivity index (χ1) is 9.18. The van der Waals surface area contributed by atoms with Gasteiger partial charge < -0.3 is 0 Å². The van der Waals surface area contributed by atoms with Crippen LogP contribution in [0, 0.1) is 6.07 Å². The highest BCUT2D eigenvalue weighted by atomic mass is 14.4. The fraction of sp³-hybridized carbons (Fsp3) is 0.158. The van der Waals surface area contributed by atoms with Crippen molar-refractivity contribution in [3.05, 3.63) is 71.8 Å². The molecule has 1 aliphatic carbocycles. The molecule has 0 fully saturated rings. The largest absolute Gasteiger partial charge is 0.0619 e. The Morgan fingerprint density at radius 3 is 2.58 bits per heavy atom. The van der Waals surface area contributed by atoms with E-state index in [0.717, 1.165) is 0 Å². The minimum atomic E-state index is 0.0871. The molecule has 1 radical (unpaired) electrons. The zero-order valence-corrected chi connectivity index (χ0v) is 11.2. The second-order valence-corrected chi connectivity index (χ2v) is 5.83. The topological polar surface area (TPSA) is 0 Å². The summed E-state index contributed by atoms with van der Waals surface area (Å²) >= 11 is 0. The highest BCUT2D eigenvalue weighted by molar-refractivity contribution is 5.93. The van der Waals surface area contributed by atoms with Gasteiger partial charge in [0, 0.05) is 5.41 Å². The maximum atomic E-state index is 3.35. The van der Waals surface area contributed by atoms with Crippen molar-refractivity contribution in [2.75, 3.05) is 0 Å². The van der Waals surface area contributed by atoms with Crippen molar-refractivity contribution in [1.82, 2.24) is 0 Å². The summed E-state index contributed by atoms with van der Waals surface area (Å²) in [5.41, 5.74) is 5.70. The predicted molar refractivity (Wildman–Crippen MR) is 80.3 cm³/mol. The van der Waals surface area contributed by atoms with Gasteiger partial charge in [-0.3, -0.25) is 0 Å². The van der Waals surface area contributed by atoms with Crippen LogP contribution in [-0.2, 0) is 5.41 Å². The SMILES string of the molecule is CC1(C)c2ccccc2-c2cc3ccc[c]c3cc21. The van der Waals surface area contributed by atoms with Crippen LogP contribution >= 0.6 is 0 Å². The minimum absolute atomic E-state index is 0.0871. The van der Waals surface area contributed by atoms with Gasteiger partial charge >= 0.3 is 0 Å². The number of hydrogen-bond donors (Lipinski definition) is 0. The minimum Gasteiger partial charge on any atom is -0.0619 e. The molecule has 0 saturated heterocycles. The summed E-state index contributed by atoms with van der Waals surface area (Å²) in [5.74, 6) is 0. The highest BCUT2D eigenvalue weighted by Crippen LogP contribution is 2.49. The molecule has 4 rings (SSSR count). The van der Waals surface area contributed by atoms with Crippen molar-refractivity contribution >= 4 is 10.8 Å². The summed E-state index contributed by atoms with van der Waals surface area (Å²) in [7, 11) is 0. The lowest BCUT2D eigenvalue weighted by molar-refractivity contribution is 0.661. The summed E-state index contributed by atoms with van der Waals surface area (Å²) < 4.78 is 0. The molecule has 91 valence electrons. The van der Waals surface area contributed by atoms with Crippen LogP contribution in [0.15, 0.2) is 54.6 Å². The van der Waals surface area contributed by atoms with Crippen molar-refractivity contribution in [2.24, 2.45) is 0 Å². The van der Waals surface area contributed by atoms with E-state index in [0.29, 0.717) is 0 Å². The quantitative estimate of drug-likeness (QED) is 0.524. The number of rotatable bonds is 0. The van der Waals surface area contributed by atoms with E-state index in [1.165, 1.54) is 33.0 Å². The van der Waals surface area contributed by atoms with Crippen LogP contribution in [0.4, 0.5) is 0 Å². The number of benzene rings is 3. The third-order valence-electron chi connectivity index (χ3n) is 4.36. The van der Waals surface area contributed by atoms with E-state index in [4.69, 9.17) is 0 Å². The molecule has 3 aromatic carbocycles. The van der Waals surface area contributed by atoms with Crippen LogP contribution < -0.4 is 0 Å². The van der Waals surface area contributed by atoms with Crippen molar-refractivity contribution in [2.45, 2.75) is 19.3 Å². The van der Waals surface area contributed by atoms with Crippen LogP contribution in [0.25, 0.3) is 21.9 Å². The fourth-order valence-electron chi connectivity index (χ4n) is 3.32. The summed E-state index contributed by atoms with van der Waals surface area (Å²) in [6, 6.07) is 22.9. The Kier molecular flexibility index (Phi) is 1.98. The Hall–Kier alpha value is -2.08. The second-order valence-electron chi connectivity index (χ2n) is 5.83. The summed E-state index contributed by atoms with van der Waals surface area (Å²) in [5, 5.41) is 2.48. The van der Waals surface area contributed by atoms with Crippen LogP contribution in [0.5, 0.6) is 0 Å². The molecule has 0 heterocycles. The first kappa shape index (κ1) is 10.8. The summed E-state index contributed by atoms with van der Waals surface area (Å²) in [4.78, 5) is 0. The van der Waals surface area contributed by atoms with Crippen LogP contribution in [0.2, 0.25) is 0 Å². The van der Waals surface area contributed by atoms with Gasteiger partial charge in [0.15, 0.2) is 0 Å². The standard InChI is InChI=1S/C19H15/c1-19(2)17-10-6-5-9-15(17)16-11-13-7-3-4-8-14(13)12-18(16)19/h3-7,9-12H,1-2H3. The molecule has 0 unspecified atom stereocenters. The lowest BCUT2D eigenvalue weighted by Crippen LogP contribution is -2.14. The zero-order chi connectivity index (χ0) is 13.0. The third-order valence-corrected chi connectivity index (χ3v) is 4.36. The molecule has 0 bridgehead atoms. The third kappa shape index (κ3) is 1.34. The van der Waals surface area contributed by atoms with E-state index in [1.807, 2.05) is 6.07 Å². The van der Waals surface area contributed by atoms with Crippen molar-refractivity contribution in [3.63, 3.8) is 0 Å². The highest BCUT2D eigenvalue weighted by Gasteiger charge is 2.35. The molecule has 0 aliphatic heterocycles. The van der Waals surface area contributed by atoms with Gasteiger partial charge in [0.1, 0.15) is 0 Å². The Morgan fingerprint density at radius 2 is 1.68 bits per heavy atom. The Labute approximate surface area is 113 Å². The first-order valence-electron chi connectivity index (χ1n) is 6.73. The van der Waals surface area contributed by atoms with E-state index in [9.17, 15) is 0 Å². The van der Waals surface area contributed by atoms with E-state index in [-0.39, 0.29) is 5.41 Å². The lowest BCUT2D eigenvalue weighted by Gasteiger charge is -2.21. The molecule has 0 amide bonds. The molecule has 1 aliphatic rings. The van der Waals surface area contributed by atoms with Crippen molar-refractivity contribution in [1.29, 1.82) is 0 Å².